The van der Waals surface area contributed by atoms with Crippen LogP contribution in [0.4, 0.5) is 10.2 Å². The summed E-state index contributed by atoms with van der Waals surface area (Å²) >= 11 is 0. The molecule has 5 nitrogen and oxygen atoms in total. The van der Waals surface area contributed by atoms with E-state index in [1.54, 1.807) is 13.1 Å². The SMILES string of the molecule is CC(=O)C[C@@H](C)c1ccc(OC2CCN(c3ncc(OCCC4CC4)cc3F)C2)cc1. The van der Waals surface area contributed by atoms with Gasteiger partial charge in [-0.05, 0) is 42.9 Å². The van der Waals surface area contributed by atoms with Crippen LogP contribution in [0.15, 0.2) is 36.5 Å². The highest BCUT2D eigenvalue weighted by molar-refractivity contribution is 5.76. The lowest BCUT2D eigenvalue weighted by atomic mass is 9.96. The number of carbonyl (C=O) groups is 1. The van der Waals surface area contributed by atoms with Crippen molar-refractivity contribution in [3.8, 4) is 11.5 Å². The number of benzene rings is 1. The first-order valence-electron chi connectivity index (χ1n) is 11.3. The molecule has 31 heavy (non-hydrogen) atoms. The molecule has 1 saturated heterocycles. The number of Topliss-reactive ketones (excluding diaryl/α,β-unsaturated/α-hetero) is 1. The van der Waals surface area contributed by atoms with E-state index in [-0.39, 0.29) is 23.6 Å². The summed E-state index contributed by atoms with van der Waals surface area (Å²) in [6.45, 7) is 5.58. The topological polar surface area (TPSA) is 51.7 Å². The second-order valence-corrected chi connectivity index (χ2v) is 8.91. The summed E-state index contributed by atoms with van der Waals surface area (Å²) in [5.74, 6) is 2.47. The van der Waals surface area contributed by atoms with E-state index in [1.165, 1.54) is 18.9 Å². The number of carbonyl (C=O) groups excluding carboxylic acids is 1. The van der Waals surface area contributed by atoms with Gasteiger partial charge in [-0.15, -0.1) is 0 Å². The number of ether oxygens (including phenoxy) is 2. The van der Waals surface area contributed by atoms with Crippen molar-refractivity contribution in [2.24, 2.45) is 5.92 Å². The van der Waals surface area contributed by atoms with Crippen molar-refractivity contribution < 1.29 is 18.7 Å². The van der Waals surface area contributed by atoms with Gasteiger partial charge in [0.15, 0.2) is 11.6 Å². The first-order valence-corrected chi connectivity index (χ1v) is 11.3. The van der Waals surface area contributed by atoms with Crippen molar-refractivity contribution in [1.82, 2.24) is 4.98 Å². The lowest BCUT2D eigenvalue weighted by molar-refractivity contribution is -0.117. The standard InChI is InChI=1S/C25H31FN2O3/c1-17(13-18(2)29)20-5-7-21(8-6-20)31-22-9-11-28(16-22)25-24(26)14-23(15-27-25)30-12-10-19-3-4-19/h5-8,14-15,17,19,22H,3-4,9-13,16H2,1-2H3/t17-,22?/m1/s1. The maximum atomic E-state index is 14.6. The first kappa shape index (κ1) is 21.6. The molecule has 1 aliphatic heterocycles. The highest BCUT2D eigenvalue weighted by Gasteiger charge is 2.27. The van der Waals surface area contributed by atoms with E-state index in [1.807, 2.05) is 29.2 Å². The average Bonchev–Trinajstić information content (AvgIpc) is 3.45. The Morgan fingerprint density at radius 2 is 2.00 bits per heavy atom. The lowest BCUT2D eigenvalue weighted by Crippen LogP contribution is -2.26. The van der Waals surface area contributed by atoms with Gasteiger partial charge in [0.25, 0.3) is 0 Å². The predicted octanol–water partition coefficient (Wildman–Crippen LogP) is 5.14. The number of hydrogen-bond donors (Lipinski definition) is 0. The van der Waals surface area contributed by atoms with Gasteiger partial charge in [0.2, 0.25) is 0 Å². The number of aromatic nitrogens is 1. The molecule has 1 unspecified atom stereocenters. The van der Waals surface area contributed by atoms with Crippen LogP contribution in [0, 0.1) is 11.7 Å². The van der Waals surface area contributed by atoms with Crippen LogP contribution in [0.3, 0.4) is 0 Å². The molecule has 1 aromatic carbocycles. The maximum absolute atomic E-state index is 14.6. The fourth-order valence-electron chi connectivity index (χ4n) is 4.11. The second kappa shape index (κ2) is 9.67. The first-order chi connectivity index (χ1) is 15.0. The molecule has 2 fully saturated rings. The van der Waals surface area contributed by atoms with Crippen LogP contribution in [0.2, 0.25) is 0 Å². The number of hydrogen-bond acceptors (Lipinski definition) is 5. The van der Waals surface area contributed by atoms with Crippen molar-refractivity contribution in [3.63, 3.8) is 0 Å². The van der Waals surface area contributed by atoms with E-state index in [9.17, 15) is 9.18 Å². The number of rotatable bonds is 10. The minimum atomic E-state index is -0.353. The molecule has 0 radical (unpaired) electrons. The molecule has 2 atom stereocenters. The van der Waals surface area contributed by atoms with Gasteiger partial charge in [0.1, 0.15) is 23.4 Å². The maximum Gasteiger partial charge on any atom is 0.169 e. The van der Waals surface area contributed by atoms with Crippen LogP contribution < -0.4 is 14.4 Å². The Kier molecular flexibility index (Phi) is 6.73. The molecule has 1 aromatic heterocycles. The van der Waals surface area contributed by atoms with Gasteiger partial charge in [-0.25, -0.2) is 9.37 Å². The Labute approximate surface area is 183 Å². The van der Waals surface area contributed by atoms with Crippen molar-refractivity contribution in [3.05, 3.63) is 47.9 Å². The number of anilines is 1. The third-order valence-corrected chi connectivity index (χ3v) is 6.08. The molecule has 6 heteroatoms. The zero-order valence-corrected chi connectivity index (χ0v) is 18.4. The lowest BCUT2D eigenvalue weighted by Gasteiger charge is -2.19. The molecule has 0 spiro atoms. The summed E-state index contributed by atoms with van der Waals surface area (Å²) in [6, 6.07) is 9.35. The van der Waals surface area contributed by atoms with Crippen LogP contribution in [-0.4, -0.2) is 36.6 Å². The summed E-state index contributed by atoms with van der Waals surface area (Å²) in [4.78, 5) is 17.6. The quantitative estimate of drug-likeness (QED) is 0.527. The summed E-state index contributed by atoms with van der Waals surface area (Å²) in [5, 5.41) is 0. The van der Waals surface area contributed by atoms with E-state index < -0.39 is 0 Å². The van der Waals surface area contributed by atoms with E-state index in [2.05, 4.69) is 11.9 Å². The Morgan fingerprint density at radius 3 is 2.68 bits per heavy atom. The minimum Gasteiger partial charge on any atom is -0.492 e. The minimum absolute atomic E-state index is 0.0174. The van der Waals surface area contributed by atoms with E-state index in [0.717, 1.165) is 30.1 Å². The summed E-state index contributed by atoms with van der Waals surface area (Å²) in [5.41, 5.74) is 1.13. The van der Waals surface area contributed by atoms with Gasteiger partial charge < -0.3 is 19.2 Å². The van der Waals surface area contributed by atoms with Crippen LogP contribution in [0.1, 0.15) is 57.4 Å². The third kappa shape index (κ3) is 5.96. The van der Waals surface area contributed by atoms with Crippen molar-refractivity contribution in [1.29, 1.82) is 0 Å². The van der Waals surface area contributed by atoms with Gasteiger partial charge in [-0.3, -0.25) is 0 Å². The van der Waals surface area contributed by atoms with Crippen molar-refractivity contribution in [2.75, 3.05) is 24.6 Å². The molecule has 2 heterocycles. The van der Waals surface area contributed by atoms with Crippen molar-refractivity contribution >= 4 is 11.6 Å². The number of halogens is 1. The monoisotopic (exact) mass is 426 g/mol. The second-order valence-electron chi connectivity index (χ2n) is 8.91. The third-order valence-electron chi connectivity index (χ3n) is 6.08. The summed E-state index contributed by atoms with van der Waals surface area (Å²) in [7, 11) is 0. The van der Waals surface area contributed by atoms with Crippen LogP contribution in [-0.2, 0) is 4.79 Å². The van der Waals surface area contributed by atoms with Gasteiger partial charge in [-0.1, -0.05) is 31.9 Å². The Morgan fingerprint density at radius 1 is 1.23 bits per heavy atom. The molecule has 166 valence electrons. The average molecular weight is 427 g/mol. The van der Waals surface area contributed by atoms with Crippen LogP contribution in [0.25, 0.3) is 0 Å². The summed E-state index contributed by atoms with van der Waals surface area (Å²) in [6.07, 6.45) is 6.55. The molecule has 2 aromatic rings. The molecular formula is C25H31FN2O3. The molecule has 1 saturated carbocycles. The Hall–Kier alpha value is -2.63. The van der Waals surface area contributed by atoms with Crippen LogP contribution >= 0.6 is 0 Å². The zero-order valence-electron chi connectivity index (χ0n) is 18.4. The molecule has 1 aliphatic carbocycles. The van der Waals surface area contributed by atoms with E-state index in [0.29, 0.717) is 37.7 Å². The van der Waals surface area contributed by atoms with Gasteiger partial charge in [0, 0.05) is 25.5 Å². The molecular weight excluding hydrogens is 395 g/mol. The molecule has 0 amide bonds. The molecule has 0 bridgehead atoms. The Balaban J connectivity index is 1.29. The van der Waals surface area contributed by atoms with Gasteiger partial charge in [-0.2, -0.15) is 0 Å². The van der Waals surface area contributed by atoms with E-state index >= 15 is 0 Å². The fourth-order valence-corrected chi connectivity index (χ4v) is 4.11. The highest BCUT2D eigenvalue weighted by atomic mass is 19.1. The fraction of sp³-hybridized carbons (Fsp3) is 0.520. The predicted molar refractivity (Wildman–Crippen MR) is 118 cm³/mol. The van der Waals surface area contributed by atoms with Crippen LogP contribution in [0.5, 0.6) is 11.5 Å². The molecule has 4 rings (SSSR count). The number of ketones is 1. The van der Waals surface area contributed by atoms with Crippen molar-refractivity contribution in [2.45, 2.75) is 58.0 Å². The van der Waals surface area contributed by atoms with Gasteiger partial charge >= 0.3 is 0 Å². The molecule has 2 aliphatic rings. The number of pyridine rings is 1. The number of nitrogens with zero attached hydrogens (tertiary/aromatic N) is 2. The Bertz CT molecular complexity index is 898. The highest BCUT2D eigenvalue weighted by Crippen LogP contribution is 2.32. The van der Waals surface area contributed by atoms with E-state index in [4.69, 9.17) is 9.47 Å². The normalized spacial score (nSPS) is 19.3. The van der Waals surface area contributed by atoms with Gasteiger partial charge in [0.05, 0.1) is 19.3 Å². The zero-order chi connectivity index (χ0) is 21.8. The largest absolute Gasteiger partial charge is 0.492 e. The summed E-state index contributed by atoms with van der Waals surface area (Å²) < 4.78 is 26.4. The smallest absolute Gasteiger partial charge is 0.169 e. The molecule has 0 N–H and O–H groups in total.